The highest BCUT2D eigenvalue weighted by molar-refractivity contribution is 5.92. The molecule has 2 atom stereocenters. The molecule has 0 aromatic heterocycles. The monoisotopic (exact) mass is 330 g/mol. The van der Waals surface area contributed by atoms with Crippen molar-refractivity contribution >= 4 is 11.9 Å². The van der Waals surface area contributed by atoms with Gasteiger partial charge in [0, 0.05) is 5.57 Å². The summed E-state index contributed by atoms with van der Waals surface area (Å²) in [5, 5.41) is 9.27. The average molecular weight is 330 g/mol. The van der Waals surface area contributed by atoms with E-state index in [1.54, 1.807) is 6.08 Å². The second-order valence-corrected chi connectivity index (χ2v) is 7.04. The van der Waals surface area contributed by atoms with Gasteiger partial charge >= 0.3 is 11.9 Å². The molecular weight excluding hydrogens is 304 g/mol. The summed E-state index contributed by atoms with van der Waals surface area (Å²) in [5.41, 5.74) is 1.79. The molecule has 0 saturated heterocycles. The molecule has 130 valence electrons. The number of carboxylic acids is 1. The lowest BCUT2D eigenvalue weighted by atomic mass is 9.69. The predicted octanol–water partition coefficient (Wildman–Crippen LogP) is 4.20. The summed E-state index contributed by atoms with van der Waals surface area (Å²) < 4.78 is 4.97. The number of esters is 1. The van der Waals surface area contributed by atoms with Crippen molar-refractivity contribution in [1.29, 1.82) is 0 Å². The quantitative estimate of drug-likeness (QED) is 0.785. The number of aliphatic carboxylic acids is 1. The summed E-state index contributed by atoms with van der Waals surface area (Å²) in [5.74, 6) is -0.721. The standard InChI is InChI=1S/C20H26O4/c1-14-7-8-15(2)20(3,11-5-4-6-17(14)18(21)22)12-9-16-10-13-24-19(16)23/h4-6,10,15H,1,7-9,11-13H2,2-3H3,(H,21,22)/t15-,20+/m1/s1. The molecular formula is C20H26O4. The van der Waals surface area contributed by atoms with Crippen LogP contribution in [0.15, 0.2) is 47.6 Å². The molecule has 1 heterocycles. The summed E-state index contributed by atoms with van der Waals surface area (Å²) in [6, 6.07) is 0. The van der Waals surface area contributed by atoms with Crippen LogP contribution in [0.5, 0.6) is 0 Å². The first-order chi connectivity index (χ1) is 11.3. The van der Waals surface area contributed by atoms with Gasteiger partial charge in [0.1, 0.15) is 6.61 Å². The van der Waals surface area contributed by atoms with Gasteiger partial charge in [-0.25, -0.2) is 9.59 Å². The first kappa shape index (κ1) is 18.2. The fourth-order valence-corrected chi connectivity index (χ4v) is 3.28. The SMILES string of the molecule is C=C1CC[C@@H](C)[C@](C)(CCC2=CCOC2=O)CC=CC=C1C(=O)O. The van der Waals surface area contributed by atoms with Crippen molar-refractivity contribution in [3.05, 3.63) is 47.6 Å². The van der Waals surface area contributed by atoms with Gasteiger partial charge in [0.15, 0.2) is 0 Å². The molecule has 1 N–H and O–H groups in total. The van der Waals surface area contributed by atoms with Gasteiger partial charge in [-0.3, -0.25) is 0 Å². The first-order valence-electron chi connectivity index (χ1n) is 8.48. The van der Waals surface area contributed by atoms with Crippen LogP contribution in [0.3, 0.4) is 0 Å². The first-order valence-corrected chi connectivity index (χ1v) is 8.48. The second-order valence-electron chi connectivity index (χ2n) is 7.04. The number of carbonyl (C=O) groups is 2. The van der Waals surface area contributed by atoms with Crippen molar-refractivity contribution in [1.82, 2.24) is 0 Å². The Kier molecular flexibility index (Phi) is 5.81. The average Bonchev–Trinajstić information content (AvgIpc) is 2.94. The zero-order chi connectivity index (χ0) is 17.7. The smallest absolute Gasteiger partial charge is 0.335 e. The Hall–Kier alpha value is -2.10. The summed E-state index contributed by atoms with van der Waals surface area (Å²) in [6.45, 7) is 8.78. The molecule has 0 fully saturated rings. The molecule has 4 nitrogen and oxygen atoms in total. The van der Waals surface area contributed by atoms with Crippen molar-refractivity contribution in [2.75, 3.05) is 6.61 Å². The number of rotatable bonds is 4. The Morgan fingerprint density at radius 3 is 2.88 bits per heavy atom. The Labute approximate surface area is 143 Å². The lowest BCUT2D eigenvalue weighted by molar-refractivity contribution is -0.136. The highest BCUT2D eigenvalue weighted by atomic mass is 16.5. The van der Waals surface area contributed by atoms with Crippen LogP contribution in [-0.2, 0) is 14.3 Å². The number of carboxylic acid groups (broad SMARTS) is 1. The molecule has 0 aromatic carbocycles. The third-order valence-corrected chi connectivity index (χ3v) is 5.44. The highest BCUT2D eigenvalue weighted by Gasteiger charge is 2.31. The van der Waals surface area contributed by atoms with Crippen LogP contribution >= 0.6 is 0 Å². The Bertz CT molecular complexity index is 624. The topological polar surface area (TPSA) is 63.6 Å². The van der Waals surface area contributed by atoms with Crippen LogP contribution in [0.2, 0.25) is 0 Å². The molecule has 0 amide bonds. The van der Waals surface area contributed by atoms with Crippen molar-refractivity contribution in [2.24, 2.45) is 11.3 Å². The van der Waals surface area contributed by atoms with Crippen LogP contribution < -0.4 is 0 Å². The molecule has 4 heteroatoms. The number of cyclic esters (lactones) is 1. The lowest BCUT2D eigenvalue weighted by Gasteiger charge is -2.36. The molecule has 2 aliphatic rings. The third kappa shape index (κ3) is 4.25. The summed E-state index contributed by atoms with van der Waals surface area (Å²) >= 11 is 0. The fourth-order valence-electron chi connectivity index (χ4n) is 3.28. The minimum absolute atomic E-state index is 0.0507. The van der Waals surface area contributed by atoms with Crippen molar-refractivity contribution in [3.63, 3.8) is 0 Å². The Morgan fingerprint density at radius 1 is 1.50 bits per heavy atom. The number of hydrogen-bond acceptors (Lipinski definition) is 3. The molecule has 0 spiro atoms. The highest BCUT2D eigenvalue weighted by Crippen LogP contribution is 2.41. The normalized spacial score (nSPS) is 28.2. The van der Waals surface area contributed by atoms with E-state index in [4.69, 9.17) is 4.74 Å². The van der Waals surface area contributed by atoms with Crippen LogP contribution in [-0.4, -0.2) is 23.7 Å². The molecule has 0 aromatic rings. The second kappa shape index (κ2) is 7.65. The molecule has 1 aliphatic heterocycles. The van der Waals surface area contributed by atoms with Crippen LogP contribution in [0.1, 0.15) is 46.0 Å². The summed E-state index contributed by atoms with van der Waals surface area (Å²) in [4.78, 5) is 22.9. The van der Waals surface area contributed by atoms with Crippen LogP contribution in [0.25, 0.3) is 0 Å². The summed E-state index contributed by atoms with van der Waals surface area (Å²) in [7, 11) is 0. The number of allylic oxidation sites excluding steroid dienone is 3. The van der Waals surface area contributed by atoms with E-state index in [-0.39, 0.29) is 11.4 Å². The van der Waals surface area contributed by atoms with Gasteiger partial charge in [-0.1, -0.05) is 32.6 Å². The molecule has 24 heavy (non-hydrogen) atoms. The number of ether oxygens (including phenoxy) is 1. The van der Waals surface area contributed by atoms with Gasteiger partial charge < -0.3 is 9.84 Å². The fraction of sp³-hybridized carbons (Fsp3) is 0.500. The van der Waals surface area contributed by atoms with E-state index in [2.05, 4.69) is 20.4 Å². The minimum Gasteiger partial charge on any atom is -0.478 e. The Balaban J connectivity index is 2.13. The van der Waals surface area contributed by atoms with Gasteiger partial charge in [0.25, 0.3) is 0 Å². The van der Waals surface area contributed by atoms with Gasteiger partial charge in [-0.2, -0.15) is 0 Å². The van der Waals surface area contributed by atoms with Crippen molar-refractivity contribution in [2.45, 2.75) is 46.0 Å². The number of hydrogen-bond donors (Lipinski definition) is 1. The molecule has 1 aliphatic carbocycles. The van der Waals surface area contributed by atoms with E-state index >= 15 is 0 Å². The third-order valence-electron chi connectivity index (χ3n) is 5.44. The van der Waals surface area contributed by atoms with Gasteiger partial charge in [0.05, 0.1) is 5.57 Å². The molecule has 2 rings (SSSR count). The van der Waals surface area contributed by atoms with Crippen molar-refractivity contribution < 1.29 is 19.4 Å². The van der Waals surface area contributed by atoms with Crippen LogP contribution in [0, 0.1) is 11.3 Å². The molecule has 0 bridgehead atoms. The molecule has 0 unspecified atom stereocenters. The van der Waals surface area contributed by atoms with E-state index < -0.39 is 5.97 Å². The summed E-state index contributed by atoms with van der Waals surface area (Å²) in [6.07, 6.45) is 11.4. The maximum Gasteiger partial charge on any atom is 0.335 e. The van der Waals surface area contributed by atoms with Gasteiger partial charge in [0.2, 0.25) is 0 Å². The van der Waals surface area contributed by atoms with E-state index in [0.717, 1.165) is 31.3 Å². The zero-order valence-corrected chi connectivity index (χ0v) is 14.5. The maximum atomic E-state index is 11.6. The number of carbonyl (C=O) groups excluding carboxylic acids is 1. The molecule has 0 radical (unpaired) electrons. The predicted molar refractivity (Wildman–Crippen MR) is 93.4 cm³/mol. The van der Waals surface area contributed by atoms with E-state index in [9.17, 15) is 14.7 Å². The van der Waals surface area contributed by atoms with Gasteiger partial charge in [-0.05, 0) is 61.2 Å². The molecule has 0 saturated carbocycles. The van der Waals surface area contributed by atoms with E-state index in [1.807, 2.05) is 18.2 Å². The van der Waals surface area contributed by atoms with E-state index in [1.165, 1.54) is 0 Å². The van der Waals surface area contributed by atoms with E-state index in [0.29, 0.717) is 30.1 Å². The van der Waals surface area contributed by atoms with Crippen molar-refractivity contribution in [3.8, 4) is 0 Å². The van der Waals surface area contributed by atoms with Crippen LogP contribution in [0.4, 0.5) is 0 Å². The van der Waals surface area contributed by atoms with Gasteiger partial charge in [-0.15, -0.1) is 0 Å². The zero-order valence-electron chi connectivity index (χ0n) is 14.5. The minimum atomic E-state index is -0.924. The maximum absolute atomic E-state index is 11.6. The largest absolute Gasteiger partial charge is 0.478 e. The lowest BCUT2D eigenvalue weighted by Crippen LogP contribution is -2.26. The Morgan fingerprint density at radius 2 is 2.25 bits per heavy atom.